The summed E-state index contributed by atoms with van der Waals surface area (Å²) in [5, 5.41) is 1.07. The number of amides is 1. The van der Waals surface area contributed by atoms with E-state index < -0.39 is 17.8 Å². The smallest absolute Gasteiger partial charge is 0.416 e. The van der Waals surface area contributed by atoms with Crippen molar-refractivity contribution in [2.75, 3.05) is 31.1 Å². The summed E-state index contributed by atoms with van der Waals surface area (Å²) < 4.78 is 44.6. The maximum atomic E-state index is 13.0. The fraction of sp³-hybridized carbons (Fsp3) is 0.280. The summed E-state index contributed by atoms with van der Waals surface area (Å²) in [6.45, 7) is 1.55. The number of nitrogens with zero attached hydrogens (tertiary/aromatic N) is 3. The molecule has 5 rings (SSSR count). The van der Waals surface area contributed by atoms with Crippen molar-refractivity contribution < 1.29 is 22.4 Å². The van der Waals surface area contributed by atoms with Crippen LogP contribution in [0.1, 0.15) is 33.5 Å². The van der Waals surface area contributed by atoms with E-state index >= 15 is 0 Å². The molecular weight excluding hydrogens is 459 g/mol. The Hall–Kier alpha value is -3.79. The van der Waals surface area contributed by atoms with Crippen LogP contribution in [0.2, 0.25) is 0 Å². The molecule has 1 amide bonds. The van der Waals surface area contributed by atoms with Gasteiger partial charge in [0.05, 0.1) is 11.6 Å². The van der Waals surface area contributed by atoms with Gasteiger partial charge < -0.3 is 24.9 Å². The van der Waals surface area contributed by atoms with Crippen molar-refractivity contribution in [3.05, 3.63) is 83.7 Å². The summed E-state index contributed by atoms with van der Waals surface area (Å²) in [4.78, 5) is 23.9. The standard InChI is InChI=1S/C25H24F3N5O2/c26-25(27,28)17-4-3-5-18(13-17)32-8-10-33(11-9-32)24(34)22-15-35-23(31-22)20(29)12-16-14-30-21-7-2-1-6-19(16)21/h1-7,13-15,20,30H,8-12,29H2. The van der Waals surface area contributed by atoms with Gasteiger partial charge >= 0.3 is 6.18 Å². The minimum absolute atomic E-state index is 0.168. The molecule has 1 aliphatic rings. The Kier molecular flexibility index (Phi) is 5.98. The third kappa shape index (κ3) is 4.74. The minimum Gasteiger partial charge on any atom is -0.446 e. The Morgan fingerprint density at radius 1 is 1.11 bits per heavy atom. The van der Waals surface area contributed by atoms with Gasteiger partial charge in [0.1, 0.15) is 6.26 Å². The second-order valence-electron chi connectivity index (χ2n) is 8.57. The lowest BCUT2D eigenvalue weighted by Gasteiger charge is -2.36. The van der Waals surface area contributed by atoms with Gasteiger partial charge in [0, 0.05) is 49.0 Å². The van der Waals surface area contributed by atoms with Crippen molar-refractivity contribution in [1.82, 2.24) is 14.9 Å². The summed E-state index contributed by atoms with van der Waals surface area (Å²) in [6.07, 6.45) is -0.684. The molecule has 1 saturated heterocycles. The second kappa shape index (κ2) is 9.10. The van der Waals surface area contributed by atoms with Gasteiger partial charge in [-0.15, -0.1) is 0 Å². The third-order valence-electron chi connectivity index (χ3n) is 6.28. The van der Waals surface area contributed by atoms with Crippen molar-refractivity contribution in [2.45, 2.75) is 18.6 Å². The van der Waals surface area contributed by atoms with Gasteiger partial charge in [0.2, 0.25) is 5.89 Å². The number of oxazole rings is 1. The molecule has 10 heteroatoms. The van der Waals surface area contributed by atoms with Gasteiger partial charge in [-0.25, -0.2) is 4.98 Å². The number of piperazine rings is 1. The monoisotopic (exact) mass is 483 g/mol. The number of nitrogens with two attached hydrogens (primary N) is 1. The van der Waals surface area contributed by atoms with E-state index in [1.807, 2.05) is 35.4 Å². The molecule has 3 heterocycles. The van der Waals surface area contributed by atoms with Crippen LogP contribution in [0.5, 0.6) is 0 Å². The van der Waals surface area contributed by atoms with E-state index in [-0.39, 0.29) is 17.5 Å². The quantitative estimate of drug-likeness (QED) is 0.440. The zero-order valence-corrected chi connectivity index (χ0v) is 18.8. The molecule has 182 valence electrons. The number of fused-ring (bicyclic) bond motifs is 1. The molecule has 3 N–H and O–H groups in total. The normalized spacial score (nSPS) is 15.5. The molecule has 0 radical (unpaired) electrons. The number of hydrogen-bond donors (Lipinski definition) is 2. The number of H-pyrrole nitrogens is 1. The molecular formula is C25H24F3N5O2. The van der Waals surface area contributed by atoms with Crippen molar-refractivity contribution >= 4 is 22.5 Å². The number of anilines is 1. The molecule has 2 aromatic heterocycles. The van der Waals surface area contributed by atoms with Crippen LogP contribution in [-0.4, -0.2) is 47.0 Å². The number of aromatic nitrogens is 2. The van der Waals surface area contributed by atoms with Crippen molar-refractivity contribution in [3.63, 3.8) is 0 Å². The number of carbonyl (C=O) groups is 1. The van der Waals surface area contributed by atoms with Gasteiger partial charge in [-0.3, -0.25) is 4.79 Å². The second-order valence-corrected chi connectivity index (χ2v) is 8.57. The number of carbonyl (C=O) groups excluding carboxylic acids is 1. The van der Waals surface area contributed by atoms with E-state index in [1.54, 1.807) is 11.0 Å². The number of aromatic amines is 1. The number of alkyl halides is 3. The van der Waals surface area contributed by atoms with Crippen LogP contribution in [0.3, 0.4) is 0 Å². The summed E-state index contributed by atoms with van der Waals surface area (Å²) in [5.41, 5.74) is 8.33. The minimum atomic E-state index is -4.40. The van der Waals surface area contributed by atoms with Crippen LogP contribution in [0.4, 0.5) is 18.9 Å². The van der Waals surface area contributed by atoms with Crippen molar-refractivity contribution in [1.29, 1.82) is 0 Å². The molecule has 1 unspecified atom stereocenters. The maximum Gasteiger partial charge on any atom is 0.416 e. The third-order valence-corrected chi connectivity index (χ3v) is 6.28. The number of rotatable bonds is 5. The first-order chi connectivity index (χ1) is 16.8. The average Bonchev–Trinajstić information content (AvgIpc) is 3.51. The summed E-state index contributed by atoms with van der Waals surface area (Å²) in [5.74, 6) is -0.00998. The summed E-state index contributed by atoms with van der Waals surface area (Å²) >= 11 is 0. The lowest BCUT2D eigenvalue weighted by Crippen LogP contribution is -2.49. The molecule has 7 nitrogen and oxygen atoms in total. The van der Waals surface area contributed by atoms with Crippen LogP contribution in [0.25, 0.3) is 10.9 Å². The van der Waals surface area contributed by atoms with Gasteiger partial charge in [0.15, 0.2) is 5.69 Å². The van der Waals surface area contributed by atoms with E-state index in [4.69, 9.17) is 10.2 Å². The number of nitrogens with one attached hydrogen (secondary N) is 1. The number of benzene rings is 2. The first-order valence-electron chi connectivity index (χ1n) is 11.3. The molecule has 4 aromatic rings. The zero-order chi connectivity index (χ0) is 24.6. The lowest BCUT2D eigenvalue weighted by molar-refractivity contribution is -0.137. The Morgan fingerprint density at radius 2 is 1.89 bits per heavy atom. The van der Waals surface area contributed by atoms with E-state index in [1.165, 1.54) is 12.3 Å². The number of hydrogen-bond acceptors (Lipinski definition) is 5. The molecule has 0 aliphatic carbocycles. The highest BCUT2D eigenvalue weighted by Gasteiger charge is 2.31. The fourth-order valence-corrected chi connectivity index (χ4v) is 4.39. The lowest BCUT2D eigenvalue weighted by atomic mass is 10.1. The van der Waals surface area contributed by atoms with Crippen molar-refractivity contribution in [2.24, 2.45) is 5.73 Å². The molecule has 2 aromatic carbocycles. The molecule has 0 spiro atoms. The largest absolute Gasteiger partial charge is 0.446 e. The van der Waals surface area contributed by atoms with E-state index in [9.17, 15) is 18.0 Å². The molecule has 0 bridgehead atoms. The van der Waals surface area contributed by atoms with E-state index in [0.29, 0.717) is 38.3 Å². The molecule has 1 fully saturated rings. The van der Waals surface area contributed by atoms with Crippen LogP contribution in [0, 0.1) is 0 Å². The molecule has 0 saturated carbocycles. The fourth-order valence-electron chi connectivity index (χ4n) is 4.39. The van der Waals surface area contributed by atoms with Gasteiger partial charge in [-0.2, -0.15) is 13.2 Å². The van der Waals surface area contributed by atoms with Crippen molar-refractivity contribution in [3.8, 4) is 0 Å². The van der Waals surface area contributed by atoms with Crippen LogP contribution in [0.15, 0.2) is 65.4 Å². The van der Waals surface area contributed by atoms with E-state index in [0.717, 1.165) is 28.6 Å². The maximum absolute atomic E-state index is 13.0. The molecule has 1 atom stereocenters. The SMILES string of the molecule is NC(Cc1c[nH]c2ccccc12)c1nc(C(=O)N2CCN(c3cccc(C(F)(F)F)c3)CC2)co1. The number of halogens is 3. The Bertz CT molecular complexity index is 1340. The van der Waals surface area contributed by atoms with E-state index in [2.05, 4.69) is 9.97 Å². The first-order valence-corrected chi connectivity index (χ1v) is 11.3. The molecule has 1 aliphatic heterocycles. The summed E-state index contributed by atoms with van der Waals surface area (Å²) in [7, 11) is 0. The average molecular weight is 483 g/mol. The highest BCUT2D eigenvalue weighted by atomic mass is 19.4. The van der Waals surface area contributed by atoms with Gasteiger partial charge in [-0.05, 0) is 36.2 Å². The highest BCUT2D eigenvalue weighted by Crippen LogP contribution is 2.32. The Morgan fingerprint density at radius 3 is 2.66 bits per heavy atom. The van der Waals surface area contributed by atoms with Crippen LogP contribution in [-0.2, 0) is 12.6 Å². The zero-order valence-electron chi connectivity index (χ0n) is 18.8. The van der Waals surface area contributed by atoms with Crippen LogP contribution >= 0.6 is 0 Å². The highest BCUT2D eigenvalue weighted by molar-refractivity contribution is 5.92. The Balaban J connectivity index is 1.21. The first kappa shape index (κ1) is 23.0. The number of para-hydroxylation sites is 1. The summed E-state index contributed by atoms with van der Waals surface area (Å²) in [6, 6.07) is 12.6. The Labute approximate surface area is 199 Å². The predicted molar refractivity (Wildman–Crippen MR) is 125 cm³/mol. The van der Waals surface area contributed by atoms with Gasteiger partial charge in [-0.1, -0.05) is 24.3 Å². The molecule has 35 heavy (non-hydrogen) atoms. The topological polar surface area (TPSA) is 91.4 Å². The van der Waals surface area contributed by atoms with Crippen LogP contribution < -0.4 is 10.6 Å². The van der Waals surface area contributed by atoms with Gasteiger partial charge in [0.25, 0.3) is 5.91 Å². The predicted octanol–water partition coefficient (Wildman–Crippen LogP) is 4.38.